The van der Waals surface area contributed by atoms with Crippen molar-refractivity contribution in [3.63, 3.8) is 0 Å². The number of hydrogen-bond donors (Lipinski definition) is 0. The van der Waals surface area contributed by atoms with Gasteiger partial charge < -0.3 is 4.74 Å². The van der Waals surface area contributed by atoms with Crippen molar-refractivity contribution in [2.75, 3.05) is 0 Å². The van der Waals surface area contributed by atoms with Gasteiger partial charge in [-0.25, -0.2) is 0 Å². The number of carbonyl (C=O) groups excluding carboxylic acids is 1. The molecular weight excluding hydrogens is 423 g/mol. The van der Waals surface area contributed by atoms with Crippen molar-refractivity contribution in [1.82, 2.24) is 0 Å². The van der Waals surface area contributed by atoms with Crippen molar-refractivity contribution in [2.24, 2.45) is 0 Å². The summed E-state index contributed by atoms with van der Waals surface area (Å²) in [5.41, 5.74) is 2.14. The van der Waals surface area contributed by atoms with Crippen molar-refractivity contribution < 1.29 is 44.3 Å². The number of aromatic nitrogens is 1. The molecule has 2 aromatic carbocycles. The van der Waals surface area contributed by atoms with Crippen LogP contribution in [0.25, 0.3) is 11.1 Å². The normalized spacial score (nSPS) is 13.2. The van der Waals surface area contributed by atoms with Crippen molar-refractivity contribution >= 4 is 14.0 Å². The van der Waals surface area contributed by atoms with Gasteiger partial charge in [0, 0.05) is 16.9 Å². The minimum atomic E-state index is -10.7. The van der Waals surface area contributed by atoms with Gasteiger partial charge in [-0.05, 0) is 23.3 Å². The average molecular weight is 437 g/mol. The van der Waals surface area contributed by atoms with Crippen LogP contribution in [0.4, 0.5) is 30.0 Å². The number of pyridine rings is 1. The van der Waals surface area contributed by atoms with Gasteiger partial charge in [-0.3, -0.25) is 0 Å². The minimum Gasteiger partial charge on any atom is -0.391 e. The molecule has 29 heavy (non-hydrogen) atoms. The number of halogens is 6. The quantitative estimate of drug-likeness (QED) is 0.151. The summed E-state index contributed by atoms with van der Waals surface area (Å²) in [7, 11) is -10.7. The minimum absolute atomic E-state index is 0.439. The van der Waals surface area contributed by atoms with Crippen molar-refractivity contribution in [1.29, 1.82) is 0 Å². The number of para-hydroxylation sites is 1. The molecule has 0 spiro atoms. The summed E-state index contributed by atoms with van der Waals surface area (Å²) in [4.78, 5) is 16.7. The topological polar surface area (TPSA) is 39.4 Å². The Balaban J connectivity index is 0.000000370. The number of benzene rings is 2. The third-order valence-corrected chi connectivity index (χ3v) is 3.03. The van der Waals surface area contributed by atoms with E-state index in [9.17, 15) is 30.0 Å². The first kappa shape index (κ1) is 22.2. The Kier molecular flexibility index (Phi) is 5.89. The van der Waals surface area contributed by atoms with Crippen LogP contribution >= 0.6 is 7.81 Å². The van der Waals surface area contributed by atoms with Crippen LogP contribution in [0.5, 0.6) is 5.75 Å². The Morgan fingerprint density at radius 1 is 0.690 bits per heavy atom. The van der Waals surface area contributed by atoms with E-state index in [2.05, 4.69) is 0 Å². The summed E-state index contributed by atoms with van der Waals surface area (Å²) in [6.45, 7) is 0. The van der Waals surface area contributed by atoms with E-state index in [1.165, 1.54) is 4.73 Å². The Morgan fingerprint density at radius 2 is 1.10 bits per heavy atom. The fourth-order valence-electron chi connectivity index (χ4n) is 1.99. The molecule has 1 aromatic heterocycles. The third kappa shape index (κ3) is 10.7. The van der Waals surface area contributed by atoms with Gasteiger partial charge in [0.15, 0.2) is 0 Å². The second-order valence-corrected chi connectivity index (χ2v) is 7.44. The van der Waals surface area contributed by atoms with Gasteiger partial charge in [-0.15, -0.1) is 4.84 Å². The Bertz CT molecular complexity index is 939. The molecule has 0 radical (unpaired) electrons. The second kappa shape index (κ2) is 7.71. The molecule has 1 heterocycles. The standard InChI is InChI=1S/C18H14NO3.F6P/c20-18(21-17-9-5-2-6-10-17)22-19-13-11-16(12-14-19)15-7-3-1-4-8-15;1-7(2,3,4,5)6/h1-14H;/q+1;-1. The maximum absolute atomic E-state index is 11.7. The van der Waals surface area contributed by atoms with Gasteiger partial charge in [0.1, 0.15) is 5.75 Å². The van der Waals surface area contributed by atoms with Crippen LogP contribution in [0.3, 0.4) is 0 Å². The van der Waals surface area contributed by atoms with E-state index in [1.807, 2.05) is 48.5 Å². The fourth-order valence-corrected chi connectivity index (χ4v) is 1.99. The Morgan fingerprint density at radius 3 is 1.59 bits per heavy atom. The van der Waals surface area contributed by atoms with Gasteiger partial charge >= 0.3 is 39.1 Å². The summed E-state index contributed by atoms with van der Waals surface area (Å²) in [5, 5.41) is 0. The number of hydrogen-bond acceptors (Lipinski definition) is 3. The van der Waals surface area contributed by atoms with Gasteiger partial charge in [-0.1, -0.05) is 48.5 Å². The molecule has 3 rings (SSSR count). The van der Waals surface area contributed by atoms with Crippen LogP contribution in [-0.4, -0.2) is 6.16 Å². The fraction of sp³-hybridized carbons (Fsp3) is 0. The van der Waals surface area contributed by atoms with Crippen molar-refractivity contribution in [3.8, 4) is 16.9 Å². The van der Waals surface area contributed by atoms with E-state index in [0.29, 0.717) is 5.75 Å². The SMILES string of the molecule is F[P-](F)(F)(F)(F)F.O=C(Oc1ccccc1)O[n+]1ccc(-c2ccccc2)cc1. The van der Waals surface area contributed by atoms with Crippen LogP contribution in [0.2, 0.25) is 0 Å². The molecule has 0 fully saturated rings. The monoisotopic (exact) mass is 437 g/mol. The zero-order valence-corrected chi connectivity index (χ0v) is 15.4. The van der Waals surface area contributed by atoms with E-state index >= 15 is 0 Å². The van der Waals surface area contributed by atoms with Crippen LogP contribution in [0, 0.1) is 0 Å². The van der Waals surface area contributed by atoms with E-state index in [0.717, 1.165) is 11.1 Å². The van der Waals surface area contributed by atoms with Crippen LogP contribution in [0.15, 0.2) is 85.2 Å². The zero-order valence-electron chi connectivity index (χ0n) is 14.5. The molecule has 0 bridgehead atoms. The molecule has 0 aliphatic heterocycles. The molecule has 0 saturated carbocycles. The summed E-state index contributed by atoms with van der Waals surface area (Å²) in [6, 6.07) is 22.5. The second-order valence-electron chi connectivity index (χ2n) is 5.53. The van der Waals surface area contributed by atoms with Crippen molar-refractivity contribution in [2.45, 2.75) is 0 Å². The number of rotatable bonds is 3. The predicted molar refractivity (Wildman–Crippen MR) is 94.7 cm³/mol. The molecule has 3 aromatic rings. The number of ether oxygens (including phenoxy) is 1. The largest absolute Gasteiger partial charge is 0.577 e. The molecule has 0 aliphatic rings. The molecule has 156 valence electrons. The molecule has 0 saturated heterocycles. The molecule has 4 nitrogen and oxygen atoms in total. The first-order valence-corrected chi connectivity index (χ1v) is 9.87. The Labute approximate surface area is 161 Å². The van der Waals surface area contributed by atoms with Crippen LogP contribution in [0.1, 0.15) is 0 Å². The number of nitrogens with zero attached hydrogens (tertiary/aromatic N) is 1. The molecule has 0 atom stereocenters. The third-order valence-electron chi connectivity index (χ3n) is 3.03. The van der Waals surface area contributed by atoms with Gasteiger partial charge in [-0.2, -0.15) is 4.79 Å². The van der Waals surface area contributed by atoms with Crippen LogP contribution < -0.4 is 14.3 Å². The summed E-state index contributed by atoms with van der Waals surface area (Å²) in [6.07, 6.45) is 2.53. The average Bonchev–Trinajstić information content (AvgIpc) is 2.61. The van der Waals surface area contributed by atoms with Crippen molar-refractivity contribution in [3.05, 3.63) is 85.2 Å². The first-order chi connectivity index (χ1) is 13.3. The maximum Gasteiger partial charge on any atom is 0.577 e. The van der Waals surface area contributed by atoms with Crippen LogP contribution in [-0.2, 0) is 0 Å². The molecule has 0 aliphatic carbocycles. The van der Waals surface area contributed by atoms with Gasteiger partial charge in [0.05, 0.1) is 0 Å². The van der Waals surface area contributed by atoms with E-state index in [-0.39, 0.29) is 0 Å². The molecule has 0 unspecified atom stereocenters. The summed E-state index contributed by atoms with van der Waals surface area (Å²) < 4.78 is 65.5. The van der Waals surface area contributed by atoms with Gasteiger partial charge in [0.25, 0.3) is 0 Å². The smallest absolute Gasteiger partial charge is 0.391 e. The first-order valence-electron chi connectivity index (χ1n) is 7.85. The summed E-state index contributed by atoms with van der Waals surface area (Å²) >= 11 is 0. The zero-order chi connectivity index (χ0) is 21.6. The maximum atomic E-state index is 11.7. The number of carbonyl (C=O) groups is 1. The van der Waals surface area contributed by atoms with E-state index in [1.54, 1.807) is 36.7 Å². The summed E-state index contributed by atoms with van der Waals surface area (Å²) in [5.74, 6) is 0.439. The molecule has 11 heteroatoms. The van der Waals surface area contributed by atoms with E-state index in [4.69, 9.17) is 9.57 Å². The molecular formula is C18H14F6NO3P. The predicted octanol–water partition coefficient (Wildman–Crippen LogP) is 6.65. The molecule has 0 amide bonds. The Hall–Kier alpha value is -3.13. The van der Waals surface area contributed by atoms with Gasteiger partial charge in [0.2, 0.25) is 12.4 Å². The van der Waals surface area contributed by atoms with E-state index < -0.39 is 14.0 Å². The molecule has 0 N–H and O–H groups in total.